The molecule has 10 heteroatoms. The van der Waals surface area contributed by atoms with Crippen LogP contribution in [0, 0.1) is 5.82 Å². The topological polar surface area (TPSA) is 96.5 Å². The van der Waals surface area contributed by atoms with Crippen LogP contribution in [-0.4, -0.2) is 24.5 Å². The lowest BCUT2D eigenvalue weighted by atomic mass is 10.1. The lowest BCUT2D eigenvalue weighted by Gasteiger charge is -2.16. The minimum atomic E-state index is -0.933. The molecule has 3 N–H and O–H groups in total. The number of carbonyl (C=O) groups excluding carboxylic acids is 3. The summed E-state index contributed by atoms with van der Waals surface area (Å²) < 4.78 is 18.4. The van der Waals surface area contributed by atoms with E-state index in [0.717, 1.165) is 6.07 Å². The average molecular weight is 442 g/mol. The molecule has 0 radical (unpaired) electrons. The average Bonchev–Trinajstić information content (AvgIpc) is 2.66. The molecule has 29 heavy (non-hydrogen) atoms. The summed E-state index contributed by atoms with van der Waals surface area (Å²) in [7, 11) is 0. The number of hydrogen-bond donors (Lipinski definition) is 3. The maximum absolute atomic E-state index is 13.6. The van der Waals surface area contributed by atoms with Gasteiger partial charge >= 0.3 is 17.9 Å². The summed E-state index contributed by atoms with van der Waals surface area (Å²) in [5.74, 6) is -2.54. The Balaban J connectivity index is 1.96. The van der Waals surface area contributed by atoms with E-state index in [1.54, 1.807) is 13.8 Å². The van der Waals surface area contributed by atoms with Crippen LogP contribution in [-0.2, 0) is 14.3 Å². The van der Waals surface area contributed by atoms with Gasteiger partial charge in [0.05, 0.1) is 17.7 Å². The first kappa shape index (κ1) is 22.4. The number of benzene rings is 2. The highest BCUT2D eigenvalue weighted by Gasteiger charge is 2.20. The van der Waals surface area contributed by atoms with E-state index in [-0.39, 0.29) is 22.2 Å². The molecule has 3 amide bonds. The Morgan fingerprint density at radius 3 is 2.17 bits per heavy atom. The van der Waals surface area contributed by atoms with Crippen LogP contribution in [0.5, 0.6) is 0 Å². The Hall–Kier alpha value is -2.84. The fourth-order valence-corrected chi connectivity index (χ4v) is 2.87. The van der Waals surface area contributed by atoms with Crippen LogP contribution in [0.1, 0.15) is 25.5 Å². The largest absolute Gasteiger partial charge is 0.450 e. The normalized spacial score (nSPS) is 11.3. The van der Waals surface area contributed by atoms with E-state index in [1.807, 2.05) is 0 Å². The van der Waals surface area contributed by atoms with Crippen LogP contribution in [0.2, 0.25) is 10.0 Å². The first-order chi connectivity index (χ1) is 13.7. The smallest absolute Gasteiger partial charge is 0.411 e. The van der Waals surface area contributed by atoms with E-state index >= 15 is 0 Å². The number of rotatable bonds is 5. The van der Waals surface area contributed by atoms with Crippen molar-refractivity contribution in [3.8, 4) is 0 Å². The Kier molecular flexibility index (Phi) is 7.81. The van der Waals surface area contributed by atoms with Gasteiger partial charge in [0, 0.05) is 16.4 Å². The predicted octanol–water partition coefficient (Wildman–Crippen LogP) is 4.52. The van der Waals surface area contributed by atoms with Crippen LogP contribution >= 0.6 is 23.2 Å². The van der Waals surface area contributed by atoms with Gasteiger partial charge in [-0.2, -0.15) is 0 Å². The molecule has 0 heterocycles. The van der Waals surface area contributed by atoms with Crippen LogP contribution < -0.4 is 16.0 Å². The van der Waals surface area contributed by atoms with Crippen molar-refractivity contribution in [2.45, 2.75) is 19.9 Å². The van der Waals surface area contributed by atoms with Crippen molar-refractivity contribution in [3.05, 3.63) is 57.8 Å². The highest BCUT2D eigenvalue weighted by Crippen LogP contribution is 2.28. The summed E-state index contributed by atoms with van der Waals surface area (Å²) in [6.45, 7) is 3.47. The second kappa shape index (κ2) is 10.1. The van der Waals surface area contributed by atoms with Crippen molar-refractivity contribution in [3.63, 3.8) is 0 Å². The minimum absolute atomic E-state index is 0.143. The summed E-state index contributed by atoms with van der Waals surface area (Å²) in [5, 5.41) is 7.37. The Morgan fingerprint density at radius 2 is 1.59 bits per heavy atom. The van der Waals surface area contributed by atoms with Crippen LogP contribution in [0.4, 0.5) is 20.6 Å². The van der Waals surface area contributed by atoms with Gasteiger partial charge in [-0.05, 0) is 55.8 Å². The molecule has 7 nitrogen and oxygen atoms in total. The number of carbonyl (C=O) groups is 3. The van der Waals surface area contributed by atoms with Crippen molar-refractivity contribution in [2.24, 2.45) is 0 Å². The summed E-state index contributed by atoms with van der Waals surface area (Å²) in [6, 6.07) is 7.66. The second-order valence-electron chi connectivity index (χ2n) is 5.86. The molecular weight excluding hydrogens is 424 g/mol. The Labute approximate surface area is 176 Å². The van der Waals surface area contributed by atoms with Crippen LogP contribution in [0.3, 0.4) is 0 Å². The number of amides is 3. The third-order valence-corrected chi connectivity index (χ3v) is 4.34. The van der Waals surface area contributed by atoms with Gasteiger partial charge in [-0.3, -0.25) is 14.9 Å². The monoisotopic (exact) mass is 441 g/mol. The molecular formula is C19H18Cl2FN3O4. The van der Waals surface area contributed by atoms with Crippen molar-refractivity contribution in [1.29, 1.82) is 0 Å². The molecule has 1 atom stereocenters. The van der Waals surface area contributed by atoms with Gasteiger partial charge in [-0.25, -0.2) is 9.18 Å². The minimum Gasteiger partial charge on any atom is -0.450 e. The van der Waals surface area contributed by atoms with Gasteiger partial charge in [-0.1, -0.05) is 23.2 Å². The van der Waals surface area contributed by atoms with Crippen molar-refractivity contribution < 1.29 is 23.5 Å². The number of nitrogens with one attached hydrogen (secondary N) is 3. The van der Waals surface area contributed by atoms with E-state index in [1.165, 1.54) is 30.3 Å². The summed E-state index contributed by atoms with van der Waals surface area (Å²) in [6.07, 6.45) is -0.602. The van der Waals surface area contributed by atoms with E-state index in [0.29, 0.717) is 11.4 Å². The Morgan fingerprint density at radius 1 is 1.00 bits per heavy atom. The molecule has 0 aromatic heterocycles. The zero-order valence-corrected chi connectivity index (χ0v) is 17.0. The summed E-state index contributed by atoms with van der Waals surface area (Å²) in [5.41, 5.74) is 1.07. The van der Waals surface area contributed by atoms with E-state index in [2.05, 4.69) is 16.0 Å². The van der Waals surface area contributed by atoms with Gasteiger partial charge in [0.2, 0.25) is 0 Å². The van der Waals surface area contributed by atoms with Gasteiger partial charge in [-0.15, -0.1) is 0 Å². The molecule has 0 bridgehead atoms. The molecule has 2 rings (SSSR count). The molecule has 0 saturated carbocycles. The van der Waals surface area contributed by atoms with E-state index in [4.69, 9.17) is 27.9 Å². The molecule has 0 spiro atoms. The van der Waals surface area contributed by atoms with Crippen molar-refractivity contribution in [1.82, 2.24) is 5.32 Å². The third-order valence-electron chi connectivity index (χ3n) is 3.72. The number of halogens is 3. The molecule has 154 valence electrons. The SMILES string of the molecule is CCOC(=O)Nc1ccc(NC(=O)C(=O)NC(C)c2cc(F)c(Cl)cc2Cl)cc1. The zero-order valence-electron chi connectivity index (χ0n) is 15.5. The highest BCUT2D eigenvalue weighted by molar-refractivity contribution is 6.40. The second-order valence-corrected chi connectivity index (χ2v) is 6.67. The summed E-state index contributed by atoms with van der Waals surface area (Å²) >= 11 is 11.7. The number of hydrogen-bond acceptors (Lipinski definition) is 4. The fraction of sp³-hybridized carbons (Fsp3) is 0.211. The Bertz CT molecular complexity index is 922. The van der Waals surface area contributed by atoms with E-state index < -0.39 is 29.8 Å². The van der Waals surface area contributed by atoms with Crippen LogP contribution in [0.15, 0.2) is 36.4 Å². The lowest BCUT2D eigenvalue weighted by molar-refractivity contribution is -0.136. The molecule has 0 aliphatic rings. The maximum Gasteiger partial charge on any atom is 0.411 e. The number of ether oxygens (including phenoxy) is 1. The first-order valence-corrected chi connectivity index (χ1v) is 9.27. The molecule has 1 unspecified atom stereocenters. The van der Waals surface area contributed by atoms with Crippen molar-refractivity contribution >= 4 is 52.5 Å². The highest BCUT2D eigenvalue weighted by atomic mass is 35.5. The molecule has 0 aliphatic carbocycles. The molecule has 2 aromatic carbocycles. The van der Waals surface area contributed by atoms with Gasteiger partial charge in [0.1, 0.15) is 5.82 Å². The molecule has 0 aliphatic heterocycles. The van der Waals surface area contributed by atoms with Gasteiger partial charge in [0.15, 0.2) is 0 Å². The van der Waals surface area contributed by atoms with Crippen molar-refractivity contribution in [2.75, 3.05) is 17.2 Å². The van der Waals surface area contributed by atoms with Gasteiger partial charge < -0.3 is 15.4 Å². The fourth-order valence-electron chi connectivity index (χ4n) is 2.32. The number of anilines is 2. The first-order valence-electron chi connectivity index (χ1n) is 8.51. The molecule has 0 saturated heterocycles. The molecule has 0 fully saturated rings. The lowest BCUT2D eigenvalue weighted by Crippen LogP contribution is -2.37. The predicted molar refractivity (Wildman–Crippen MR) is 109 cm³/mol. The summed E-state index contributed by atoms with van der Waals surface area (Å²) in [4.78, 5) is 35.6. The maximum atomic E-state index is 13.6. The van der Waals surface area contributed by atoms with E-state index in [9.17, 15) is 18.8 Å². The standard InChI is InChI=1S/C19H18Cl2FN3O4/c1-3-29-19(28)25-12-6-4-11(5-7-12)24-18(27)17(26)23-10(2)13-8-16(22)15(21)9-14(13)20/h4-10H,3H2,1-2H3,(H,23,26)(H,24,27)(H,25,28). The zero-order chi connectivity index (χ0) is 21.6. The third kappa shape index (κ3) is 6.33. The van der Waals surface area contributed by atoms with Gasteiger partial charge in [0.25, 0.3) is 0 Å². The van der Waals surface area contributed by atoms with Crippen LogP contribution in [0.25, 0.3) is 0 Å². The quantitative estimate of drug-likeness (QED) is 0.469. The molecule has 2 aromatic rings.